The average Bonchev–Trinajstić information content (AvgIpc) is 2.55. The highest BCUT2D eigenvalue weighted by atomic mass is 19.1. The molecule has 1 atom stereocenters. The number of amides is 1. The standard InChI is InChI=1S/C19H27FN2O4/c1-19(2,3)26-18(25)22-12-10-21(11-13-22)16(8-9-17(23)24)14-4-6-15(20)7-5-14/h4-7,16H,8-13H2,1-3H3,(H,23,24). The van der Waals surface area contributed by atoms with E-state index in [4.69, 9.17) is 9.84 Å². The maximum atomic E-state index is 13.2. The van der Waals surface area contributed by atoms with Crippen LogP contribution in [0.5, 0.6) is 0 Å². The summed E-state index contributed by atoms with van der Waals surface area (Å²) in [5, 5.41) is 9.03. The van der Waals surface area contributed by atoms with Crippen LogP contribution in [0.1, 0.15) is 45.2 Å². The number of aliphatic carboxylic acids is 1. The molecule has 0 saturated carbocycles. The SMILES string of the molecule is CC(C)(C)OC(=O)N1CCN(C(CCC(=O)O)c2ccc(F)cc2)CC1. The summed E-state index contributed by atoms with van der Waals surface area (Å²) in [6.45, 7) is 7.74. The summed E-state index contributed by atoms with van der Waals surface area (Å²) < 4.78 is 18.6. The van der Waals surface area contributed by atoms with Gasteiger partial charge in [0.1, 0.15) is 11.4 Å². The van der Waals surface area contributed by atoms with Crippen molar-refractivity contribution in [2.75, 3.05) is 26.2 Å². The molecule has 1 aliphatic heterocycles. The lowest BCUT2D eigenvalue weighted by molar-refractivity contribution is -0.137. The van der Waals surface area contributed by atoms with Crippen molar-refractivity contribution in [3.05, 3.63) is 35.6 Å². The molecular weight excluding hydrogens is 339 g/mol. The predicted molar refractivity (Wildman–Crippen MR) is 95.4 cm³/mol. The highest BCUT2D eigenvalue weighted by molar-refractivity contribution is 5.68. The molecule has 0 spiro atoms. The fourth-order valence-corrected chi connectivity index (χ4v) is 3.05. The van der Waals surface area contributed by atoms with Crippen molar-refractivity contribution < 1.29 is 23.8 Å². The van der Waals surface area contributed by atoms with Gasteiger partial charge in [0.25, 0.3) is 0 Å². The number of ether oxygens (including phenoxy) is 1. The molecule has 144 valence electrons. The van der Waals surface area contributed by atoms with E-state index in [-0.39, 0.29) is 24.4 Å². The lowest BCUT2D eigenvalue weighted by atomic mass is 9.99. The quantitative estimate of drug-likeness (QED) is 0.866. The van der Waals surface area contributed by atoms with E-state index in [1.807, 2.05) is 20.8 Å². The number of carboxylic acid groups (broad SMARTS) is 1. The number of rotatable bonds is 5. The molecule has 26 heavy (non-hydrogen) atoms. The summed E-state index contributed by atoms with van der Waals surface area (Å²) in [6, 6.07) is 6.05. The minimum absolute atomic E-state index is 0.0360. The summed E-state index contributed by atoms with van der Waals surface area (Å²) in [5.41, 5.74) is 0.352. The maximum Gasteiger partial charge on any atom is 0.410 e. The normalized spacial score (nSPS) is 17.0. The fraction of sp³-hybridized carbons (Fsp3) is 0.579. The van der Waals surface area contributed by atoms with Gasteiger partial charge in [-0.15, -0.1) is 0 Å². The Morgan fingerprint density at radius 1 is 1.15 bits per heavy atom. The van der Waals surface area contributed by atoms with Gasteiger partial charge in [0, 0.05) is 38.6 Å². The third-order valence-electron chi connectivity index (χ3n) is 4.29. The van der Waals surface area contributed by atoms with Crippen molar-refractivity contribution in [1.82, 2.24) is 9.80 Å². The van der Waals surface area contributed by atoms with Crippen molar-refractivity contribution in [2.45, 2.75) is 45.3 Å². The van der Waals surface area contributed by atoms with Gasteiger partial charge in [-0.2, -0.15) is 0 Å². The van der Waals surface area contributed by atoms with Crippen LogP contribution >= 0.6 is 0 Å². The summed E-state index contributed by atoms with van der Waals surface area (Å²) in [5.74, 6) is -1.18. The molecule has 6 nitrogen and oxygen atoms in total. The first-order chi connectivity index (χ1) is 12.2. The Balaban J connectivity index is 2.02. The molecule has 7 heteroatoms. The van der Waals surface area contributed by atoms with Gasteiger partial charge in [0.05, 0.1) is 0 Å². The van der Waals surface area contributed by atoms with Crippen LogP contribution < -0.4 is 0 Å². The van der Waals surface area contributed by atoms with Gasteiger partial charge in [-0.3, -0.25) is 9.69 Å². The van der Waals surface area contributed by atoms with Crippen molar-refractivity contribution in [1.29, 1.82) is 0 Å². The molecule has 1 amide bonds. The first-order valence-corrected chi connectivity index (χ1v) is 8.85. The van der Waals surface area contributed by atoms with Gasteiger partial charge in [0.2, 0.25) is 0 Å². The second kappa shape index (κ2) is 8.49. The summed E-state index contributed by atoms with van der Waals surface area (Å²) >= 11 is 0. The van der Waals surface area contributed by atoms with Crippen molar-refractivity contribution in [3.63, 3.8) is 0 Å². The monoisotopic (exact) mass is 366 g/mol. The largest absolute Gasteiger partial charge is 0.481 e. The van der Waals surface area contributed by atoms with E-state index >= 15 is 0 Å². The van der Waals surface area contributed by atoms with E-state index in [2.05, 4.69) is 4.90 Å². The molecule has 1 fully saturated rings. The lowest BCUT2D eigenvalue weighted by Crippen LogP contribution is -2.50. The van der Waals surface area contributed by atoms with Crippen LogP contribution in [0.25, 0.3) is 0 Å². The second-order valence-corrected chi connectivity index (χ2v) is 7.50. The number of carbonyl (C=O) groups is 2. The molecule has 1 heterocycles. The molecule has 1 N–H and O–H groups in total. The summed E-state index contributed by atoms with van der Waals surface area (Å²) in [7, 11) is 0. The van der Waals surface area contributed by atoms with E-state index in [1.165, 1.54) is 12.1 Å². The van der Waals surface area contributed by atoms with Crippen LogP contribution in [0.3, 0.4) is 0 Å². The van der Waals surface area contributed by atoms with Crippen molar-refractivity contribution in [2.24, 2.45) is 0 Å². The van der Waals surface area contributed by atoms with Gasteiger partial charge in [-0.05, 0) is 44.9 Å². The smallest absolute Gasteiger partial charge is 0.410 e. The number of benzene rings is 1. The second-order valence-electron chi connectivity index (χ2n) is 7.50. The molecule has 0 bridgehead atoms. The number of hydrogen-bond acceptors (Lipinski definition) is 4. The average molecular weight is 366 g/mol. The van der Waals surface area contributed by atoms with Gasteiger partial charge < -0.3 is 14.7 Å². The highest BCUT2D eigenvalue weighted by Gasteiger charge is 2.29. The highest BCUT2D eigenvalue weighted by Crippen LogP contribution is 2.27. The van der Waals surface area contributed by atoms with Gasteiger partial charge in [-0.25, -0.2) is 9.18 Å². The molecule has 0 aromatic heterocycles. The Morgan fingerprint density at radius 3 is 2.23 bits per heavy atom. The molecule has 1 aromatic rings. The van der Waals surface area contributed by atoms with E-state index in [9.17, 15) is 14.0 Å². The summed E-state index contributed by atoms with van der Waals surface area (Å²) in [6.07, 6.45) is 0.142. The van der Waals surface area contributed by atoms with E-state index in [0.717, 1.165) is 5.56 Å². The molecule has 2 rings (SSSR count). The van der Waals surface area contributed by atoms with Crippen LogP contribution in [0, 0.1) is 5.82 Å². The molecule has 1 saturated heterocycles. The van der Waals surface area contributed by atoms with Crippen LogP contribution in [0.2, 0.25) is 0 Å². The number of nitrogens with zero attached hydrogens (tertiary/aromatic N) is 2. The predicted octanol–water partition coefficient (Wildman–Crippen LogP) is 3.28. The zero-order valence-corrected chi connectivity index (χ0v) is 15.6. The Hall–Kier alpha value is -2.15. The summed E-state index contributed by atoms with van der Waals surface area (Å²) in [4.78, 5) is 27.0. The Bertz CT molecular complexity index is 619. The lowest BCUT2D eigenvalue weighted by Gasteiger charge is -2.39. The Labute approximate surface area is 153 Å². The maximum absolute atomic E-state index is 13.2. The Kier molecular flexibility index (Phi) is 6.58. The number of hydrogen-bond donors (Lipinski definition) is 1. The molecular formula is C19H27FN2O4. The van der Waals surface area contributed by atoms with Crippen molar-refractivity contribution in [3.8, 4) is 0 Å². The molecule has 0 radical (unpaired) electrons. The number of piperazine rings is 1. The third kappa shape index (κ3) is 5.98. The van der Waals surface area contributed by atoms with E-state index in [0.29, 0.717) is 32.6 Å². The molecule has 1 unspecified atom stereocenters. The number of carboxylic acids is 1. The number of halogens is 1. The minimum atomic E-state index is -0.857. The first-order valence-electron chi connectivity index (χ1n) is 8.85. The molecule has 0 aliphatic carbocycles. The molecule has 1 aromatic carbocycles. The zero-order valence-electron chi connectivity index (χ0n) is 15.6. The van der Waals surface area contributed by atoms with Gasteiger partial charge in [-0.1, -0.05) is 12.1 Å². The fourth-order valence-electron chi connectivity index (χ4n) is 3.05. The molecule has 1 aliphatic rings. The topological polar surface area (TPSA) is 70.1 Å². The third-order valence-corrected chi connectivity index (χ3v) is 4.29. The first kappa shape index (κ1) is 20.2. The van der Waals surface area contributed by atoms with E-state index < -0.39 is 11.6 Å². The van der Waals surface area contributed by atoms with Gasteiger partial charge in [0.15, 0.2) is 0 Å². The van der Waals surface area contributed by atoms with Crippen LogP contribution in [-0.4, -0.2) is 58.7 Å². The van der Waals surface area contributed by atoms with Crippen LogP contribution in [0.4, 0.5) is 9.18 Å². The number of carbonyl (C=O) groups excluding carboxylic acids is 1. The van der Waals surface area contributed by atoms with Crippen molar-refractivity contribution >= 4 is 12.1 Å². The van der Waals surface area contributed by atoms with Gasteiger partial charge >= 0.3 is 12.1 Å². The zero-order chi connectivity index (χ0) is 19.3. The minimum Gasteiger partial charge on any atom is -0.481 e. The van der Waals surface area contributed by atoms with Crippen LogP contribution in [-0.2, 0) is 9.53 Å². The Morgan fingerprint density at radius 2 is 1.73 bits per heavy atom. The van der Waals surface area contributed by atoms with E-state index in [1.54, 1.807) is 17.0 Å². The van der Waals surface area contributed by atoms with Crippen LogP contribution in [0.15, 0.2) is 24.3 Å².